The summed E-state index contributed by atoms with van der Waals surface area (Å²) in [5, 5.41) is 1.01. The van der Waals surface area contributed by atoms with E-state index in [1.54, 1.807) is 19.5 Å². The van der Waals surface area contributed by atoms with Crippen LogP contribution in [0.3, 0.4) is 0 Å². The predicted octanol–water partition coefficient (Wildman–Crippen LogP) is 2.82. The molecule has 0 aliphatic heterocycles. The van der Waals surface area contributed by atoms with E-state index >= 15 is 0 Å². The van der Waals surface area contributed by atoms with Crippen molar-refractivity contribution in [2.75, 3.05) is 18.6 Å². The van der Waals surface area contributed by atoms with E-state index in [0.717, 1.165) is 33.3 Å². The second kappa shape index (κ2) is 6.54. The van der Waals surface area contributed by atoms with Gasteiger partial charge in [-0.25, -0.2) is 4.98 Å². The summed E-state index contributed by atoms with van der Waals surface area (Å²) in [6.07, 6.45) is 7.98. The van der Waals surface area contributed by atoms with Crippen LogP contribution in [-0.4, -0.2) is 22.1 Å². The summed E-state index contributed by atoms with van der Waals surface area (Å²) in [4.78, 5) is 12.6. The van der Waals surface area contributed by atoms with Crippen LogP contribution in [0.1, 0.15) is 23.6 Å². The molecule has 0 spiro atoms. The summed E-state index contributed by atoms with van der Waals surface area (Å²) in [5.74, 6) is 1.32. The Balaban J connectivity index is 2.20. The van der Waals surface area contributed by atoms with Crippen LogP contribution >= 0.6 is 0 Å². The number of fused-ring (bicyclic) bond motifs is 1. The average molecular weight is 321 g/mol. The number of methoxy groups -OCH3 is 1. The Labute approximate surface area is 140 Å². The number of nitrogens with two attached hydrogens (primary N) is 2. The van der Waals surface area contributed by atoms with Gasteiger partial charge in [-0.15, -0.1) is 0 Å². The molecule has 122 valence electrons. The fraction of sp³-hybridized carbons (Fsp3) is 0.167. The molecule has 6 heteroatoms. The van der Waals surface area contributed by atoms with Gasteiger partial charge in [-0.05, 0) is 24.6 Å². The third-order valence-corrected chi connectivity index (χ3v) is 3.81. The molecule has 0 saturated heterocycles. The lowest BCUT2D eigenvalue weighted by atomic mass is 9.97. The minimum absolute atomic E-state index is 0.173. The Bertz CT molecular complexity index is 921. The molecule has 0 unspecified atom stereocenters. The molecule has 3 rings (SSSR count). The van der Waals surface area contributed by atoms with Crippen LogP contribution in [0.2, 0.25) is 0 Å². The van der Waals surface area contributed by atoms with Gasteiger partial charge in [0.15, 0.2) is 5.75 Å². The normalized spacial score (nSPS) is 11.2. The molecule has 2 heterocycles. The Kier molecular flexibility index (Phi) is 4.29. The number of allylic oxidation sites excluding steroid dienone is 1. The molecule has 0 radical (unpaired) electrons. The fourth-order valence-electron chi connectivity index (χ4n) is 2.75. The largest absolute Gasteiger partial charge is 0.494 e. The van der Waals surface area contributed by atoms with Crippen molar-refractivity contribution in [2.45, 2.75) is 13.3 Å². The topological polar surface area (TPSA) is 99.9 Å². The van der Waals surface area contributed by atoms with Crippen molar-refractivity contribution >= 4 is 28.7 Å². The third kappa shape index (κ3) is 2.86. The highest BCUT2D eigenvalue weighted by molar-refractivity contribution is 5.91. The van der Waals surface area contributed by atoms with Crippen LogP contribution in [0.4, 0.5) is 11.8 Å². The number of hydrogen-bond acceptors (Lipinski definition) is 6. The van der Waals surface area contributed by atoms with Gasteiger partial charge in [-0.3, -0.25) is 4.98 Å². The zero-order valence-corrected chi connectivity index (χ0v) is 13.7. The minimum Gasteiger partial charge on any atom is -0.494 e. The van der Waals surface area contributed by atoms with Gasteiger partial charge in [0, 0.05) is 35.3 Å². The SMILES string of the molecule is CC=Cc1cc(Cc2cnc(N)nc2N)c2cccnc2c1OC. The smallest absolute Gasteiger partial charge is 0.221 e. The molecular weight excluding hydrogens is 302 g/mol. The van der Waals surface area contributed by atoms with Gasteiger partial charge < -0.3 is 16.2 Å². The van der Waals surface area contributed by atoms with Gasteiger partial charge in [0.1, 0.15) is 11.3 Å². The highest BCUT2D eigenvalue weighted by Gasteiger charge is 2.14. The number of rotatable bonds is 4. The number of nitrogens with zero attached hydrogens (tertiary/aromatic N) is 3. The van der Waals surface area contributed by atoms with Crippen molar-refractivity contribution in [1.82, 2.24) is 15.0 Å². The third-order valence-electron chi connectivity index (χ3n) is 3.81. The molecular formula is C18H19N5O. The van der Waals surface area contributed by atoms with E-state index in [-0.39, 0.29) is 5.95 Å². The van der Waals surface area contributed by atoms with E-state index in [1.807, 2.05) is 31.2 Å². The van der Waals surface area contributed by atoms with Gasteiger partial charge in [0.05, 0.1) is 7.11 Å². The molecule has 1 aromatic carbocycles. The molecule has 0 aliphatic carbocycles. The first-order valence-electron chi connectivity index (χ1n) is 7.58. The number of ether oxygens (including phenoxy) is 1. The average Bonchev–Trinajstić information content (AvgIpc) is 2.58. The first-order chi connectivity index (χ1) is 11.6. The summed E-state index contributed by atoms with van der Waals surface area (Å²) in [5.41, 5.74) is 15.2. The number of hydrogen-bond donors (Lipinski definition) is 2. The zero-order chi connectivity index (χ0) is 17.1. The zero-order valence-electron chi connectivity index (χ0n) is 13.7. The molecule has 0 bridgehead atoms. The van der Waals surface area contributed by atoms with Gasteiger partial charge in [-0.1, -0.05) is 18.2 Å². The van der Waals surface area contributed by atoms with E-state index in [9.17, 15) is 0 Å². The van der Waals surface area contributed by atoms with Crippen molar-refractivity contribution in [3.05, 3.63) is 53.4 Å². The lowest BCUT2D eigenvalue weighted by Gasteiger charge is -2.14. The molecule has 6 nitrogen and oxygen atoms in total. The molecule has 0 atom stereocenters. The van der Waals surface area contributed by atoms with Gasteiger partial charge in [0.2, 0.25) is 5.95 Å². The fourth-order valence-corrected chi connectivity index (χ4v) is 2.75. The molecule has 0 amide bonds. The first-order valence-corrected chi connectivity index (χ1v) is 7.58. The van der Waals surface area contributed by atoms with Crippen LogP contribution in [0.5, 0.6) is 5.75 Å². The van der Waals surface area contributed by atoms with Gasteiger partial charge >= 0.3 is 0 Å². The summed E-state index contributed by atoms with van der Waals surface area (Å²) in [6, 6.07) is 6.01. The van der Waals surface area contributed by atoms with Crippen LogP contribution in [0.25, 0.3) is 17.0 Å². The predicted molar refractivity (Wildman–Crippen MR) is 96.7 cm³/mol. The molecule has 3 aromatic rings. The number of benzene rings is 1. The van der Waals surface area contributed by atoms with Crippen molar-refractivity contribution in [2.24, 2.45) is 0 Å². The second-order valence-corrected chi connectivity index (χ2v) is 5.37. The number of nitrogen functional groups attached to an aromatic ring is 2. The number of aromatic nitrogens is 3. The van der Waals surface area contributed by atoms with Crippen LogP contribution in [0, 0.1) is 0 Å². The van der Waals surface area contributed by atoms with Gasteiger partial charge in [0.25, 0.3) is 0 Å². The maximum absolute atomic E-state index is 5.98. The lowest BCUT2D eigenvalue weighted by molar-refractivity contribution is 0.418. The Morgan fingerprint density at radius 2 is 2.04 bits per heavy atom. The molecule has 4 N–H and O–H groups in total. The minimum atomic E-state index is 0.173. The highest BCUT2D eigenvalue weighted by Crippen LogP contribution is 2.33. The quantitative estimate of drug-likeness (QED) is 0.766. The Hall–Kier alpha value is -3.15. The summed E-state index contributed by atoms with van der Waals surface area (Å²) in [7, 11) is 1.65. The number of pyridine rings is 1. The van der Waals surface area contributed by atoms with E-state index < -0.39 is 0 Å². The van der Waals surface area contributed by atoms with Crippen LogP contribution in [0.15, 0.2) is 36.7 Å². The van der Waals surface area contributed by atoms with Crippen molar-refractivity contribution in [3.8, 4) is 5.75 Å². The first kappa shape index (κ1) is 15.7. The van der Waals surface area contributed by atoms with E-state index in [1.165, 1.54) is 0 Å². The molecule has 0 saturated carbocycles. The number of anilines is 2. The molecule has 0 aliphatic rings. The lowest BCUT2D eigenvalue weighted by Crippen LogP contribution is -2.05. The maximum Gasteiger partial charge on any atom is 0.221 e. The monoisotopic (exact) mass is 321 g/mol. The van der Waals surface area contributed by atoms with Crippen molar-refractivity contribution in [3.63, 3.8) is 0 Å². The summed E-state index contributed by atoms with van der Waals surface area (Å²) in [6.45, 7) is 1.97. The van der Waals surface area contributed by atoms with Crippen LogP contribution < -0.4 is 16.2 Å². The Morgan fingerprint density at radius 1 is 1.21 bits per heavy atom. The second-order valence-electron chi connectivity index (χ2n) is 5.37. The van der Waals surface area contributed by atoms with E-state index in [0.29, 0.717) is 12.2 Å². The van der Waals surface area contributed by atoms with Crippen LogP contribution in [-0.2, 0) is 6.42 Å². The van der Waals surface area contributed by atoms with E-state index in [2.05, 4.69) is 21.0 Å². The summed E-state index contributed by atoms with van der Waals surface area (Å²) < 4.78 is 5.58. The standard InChI is InChI=1S/C18H19N5O/c1-3-5-11-8-12(9-13-10-22-18(20)23-17(13)19)14-6-4-7-21-15(14)16(11)24-2/h3-8,10H,9H2,1-2H3,(H4,19,20,22,23). The maximum atomic E-state index is 5.98. The van der Waals surface area contributed by atoms with Crippen molar-refractivity contribution < 1.29 is 4.74 Å². The summed E-state index contributed by atoms with van der Waals surface area (Å²) >= 11 is 0. The molecule has 2 aromatic heterocycles. The van der Waals surface area contributed by atoms with E-state index in [4.69, 9.17) is 16.2 Å². The van der Waals surface area contributed by atoms with Gasteiger partial charge in [-0.2, -0.15) is 4.98 Å². The highest BCUT2D eigenvalue weighted by atomic mass is 16.5. The molecule has 0 fully saturated rings. The Morgan fingerprint density at radius 3 is 2.75 bits per heavy atom. The molecule has 24 heavy (non-hydrogen) atoms. The van der Waals surface area contributed by atoms with Crippen molar-refractivity contribution in [1.29, 1.82) is 0 Å².